The van der Waals surface area contributed by atoms with Gasteiger partial charge in [-0.1, -0.05) is 27.7 Å². The molecule has 5 saturated carbocycles. The number of hydrogen-bond donors (Lipinski definition) is 10. The Kier molecular flexibility index (Phi) is 11.5. The van der Waals surface area contributed by atoms with Crippen molar-refractivity contribution in [3.8, 4) is 0 Å². The van der Waals surface area contributed by atoms with Crippen LogP contribution in [0.2, 0.25) is 0 Å². The minimum atomic E-state index is -1.65. The third kappa shape index (κ3) is 6.72. The summed E-state index contributed by atoms with van der Waals surface area (Å²) in [5.41, 5.74) is -3.33. The van der Waals surface area contributed by atoms with Crippen LogP contribution in [0, 0.1) is 44.8 Å². The Morgan fingerprint density at radius 1 is 0.565 bits per heavy atom. The Labute approximate surface area is 363 Å². The molecular weight excluding hydrogens is 812 g/mol. The fourth-order valence-corrected chi connectivity index (χ4v) is 15.8. The molecule has 356 valence electrons. The van der Waals surface area contributed by atoms with Crippen LogP contribution in [0.15, 0.2) is 0 Å². The van der Waals surface area contributed by atoms with E-state index in [1.54, 1.807) is 13.8 Å². The van der Waals surface area contributed by atoms with E-state index < -0.39 is 109 Å². The van der Waals surface area contributed by atoms with Gasteiger partial charge in [0.15, 0.2) is 18.9 Å². The zero-order valence-corrected chi connectivity index (χ0v) is 37.3. The van der Waals surface area contributed by atoms with Crippen LogP contribution < -0.4 is 0 Å². The molecule has 0 unspecified atom stereocenters. The first-order chi connectivity index (χ1) is 28.8. The van der Waals surface area contributed by atoms with Gasteiger partial charge in [0, 0.05) is 5.92 Å². The van der Waals surface area contributed by atoms with Gasteiger partial charge in [-0.05, 0) is 117 Å². The van der Waals surface area contributed by atoms with Crippen LogP contribution in [0.3, 0.4) is 0 Å². The summed E-state index contributed by atoms with van der Waals surface area (Å²) in [7, 11) is 0. The topological polar surface area (TPSA) is 267 Å². The van der Waals surface area contributed by atoms with E-state index >= 15 is 0 Å². The highest BCUT2D eigenvalue weighted by molar-refractivity contribution is 5.33. The smallest absolute Gasteiger partial charge is 0.186 e. The lowest BCUT2D eigenvalue weighted by molar-refractivity contribution is -0.359. The van der Waals surface area contributed by atoms with E-state index in [-0.39, 0.29) is 65.3 Å². The minimum Gasteiger partial charge on any atom is -0.393 e. The summed E-state index contributed by atoms with van der Waals surface area (Å²) in [4.78, 5) is 0. The van der Waals surface area contributed by atoms with Gasteiger partial charge in [0.25, 0.3) is 0 Å². The van der Waals surface area contributed by atoms with Crippen molar-refractivity contribution in [3.63, 3.8) is 0 Å². The molecule has 0 radical (unpaired) electrons. The van der Waals surface area contributed by atoms with Gasteiger partial charge in [-0.25, -0.2) is 0 Å². The SMILES string of the molecule is CC(C)(O)[C@@H]1CC[C@](C)([C@@H]2[C@H](O)C[C@@]3(C)[C@@H]4C[C@H](O[C@@H]5OC[C@H](O)[C@H](O)[C@@H]5O)[C@@H]5C(C)(C)[C@H](O[C@@H]6OC[C@H](O)[C@H](O)[C@@H]6O[C@@H]6OC[C@H](O)[C@H](O)[C@@H]6O)CC[C@]56C[C@]46CC[C@@]23C)O1. The highest BCUT2D eigenvalue weighted by Crippen LogP contribution is 2.89. The van der Waals surface area contributed by atoms with Gasteiger partial charge in [-0.2, -0.15) is 0 Å². The zero-order chi connectivity index (χ0) is 44.9. The summed E-state index contributed by atoms with van der Waals surface area (Å²) in [5, 5.41) is 109. The Hall–Kier alpha value is -0.680. The minimum absolute atomic E-state index is 0.0927. The summed E-state index contributed by atoms with van der Waals surface area (Å²) in [6, 6.07) is 0. The molecule has 2 spiro atoms. The van der Waals surface area contributed by atoms with Crippen molar-refractivity contribution < 1.29 is 84.2 Å². The largest absolute Gasteiger partial charge is 0.393 e. The van der Waals surface area contributed by atoms with Gasteiger partial charge in [-0.3, -0.25) is 0 Å². The predicted octanol–water partition coefficient (Wildman–Crippen LogP) is -0.173. The Morgan fingerprint density at radius 3 is 1.74 bits per heavy atom. The molecule has 0 aromatic carbocycles. The molecule has 62 heavy (non-hydrogen) atoms. The zero-order valence-electron chi connectivity index (χ0n) is 37.3. The lowest BCUT2D eigenvalue weighted by Gasteiger charge is -2.65. The molecule has 4 heterocycles. The standard InChI is InChI=1S/C45H74O17/c1-39(2)26(60-38-33(30(52)23(49)18-58-38)61-37-32(54)29(51)22(48)17-57-37)9-11-45-19-44(45)13-12-41(5)34(43(7)10-8-27(62-43)40(3,4)55)20(46)15-42(41,6)25(44)14-24(35(39)45)59-36-31(53)28(50)21(47)16-56-36/h20-38,46-55H,8-19H2,1-7H3/t20-,21+,22+,23+,24+,25+,26-,27+,28+,29+,30+,31+,32+,33+,34-,35-,36+,37+,38+,41+,42+,43-,44-,45+/m1/s1. The third-order valence-corrected chi connectivity index (χ3v) is 18.9. The van der Waals surface area contributed by atoms with Crippen LogP contribution in [0.4, 0.5) is 0 Å². The van der Waals surface area contributed by atoms with Gasteiger partial charge >= 0.3 is 0 Å². The molecule has 4 saturated heterocycles. The number of aliphatic hydroxyl groups is 10. The van der Waals surface area contributed by atoms with E-state index in [9.17, 15) is 51.1 Å². The summed E-state index contributed by atoms with van der Waals surface area (Å²) < 4.78 is 44.0. The number of rotatable bonds is 8. The van der Waals surface area contributed by atoms with Crippen molar-refractivity contribution in [1.29, 1.82) is 0 Å². The number of aliphatic hydroxyl groups excluding tert-OH is 9. The Bertz CT molecular complexity index is 1660. The van der Waals surface area contributed by atoms with Crippen LogP contribution in [-0.2, 0) is 33.2 Å². The van der Waals surface area contributed by atoms with Crippen LogP contribution in [0.5, 0.6) is 0 Å². The number of ether oxygens (including phenoxy) is 7. The normalized spacial score (nSPS) is 58.5. The second-order valence-electron chi connectivity index (χ2n) is 23.0. The third-order valence-electron chi connectivity index (χ3n) is 18.9. The van der Waals surface area contributed by atoms with E-state index in [4.69, 9.17) is 33.2 Å². The lowest BCUT2D eigenvalue weighted by Crippen LogP contribution is -2.65. The van der Waals surface area contributed by atoms with E-state index in [1.165, 1.54) is 0 Å². The second-order valence-corrected chi connectivity index (χ2v) is 23.0. The molecule has 0 bridgehead atoms. The molecule has 9 aliphatic rings. The van der Waals surface area contributed by atoms with Gasteiger partial charge in [0.05, 0.1) is 55.4 Å². The summed E-state index contributed by atoms with van der Waals surface area (Å²) in [6.07, 6.45) is -12.2. The molecule has 24 atom stereocenters. The molecule has 0 aromatic heterocycles. The molecule has 17 heteroatoms. The van der Waals surface area contributed by atoms with Gasteiger partial charge in [-0.15, -0.1) is 0 Å². The number of fused-ring (bicyclic) bond motifs is 2. The highest BCUT2D eigenvalue weighted by Gasteiger charge is 2.85. The molecule has 0 amide bonds. The maximum absolute atomic E-state index is 12.3. The van der Waals surface area contributed by atoms with E-state index in [2.05, 4.69) is 34.6 Å². The van der Waals surface area contributed by atoms with E-state index in [1.807, 2.05) is 0 Å². The molecule has 5 aliphatic carbocycles. The molecule has 17 nitrogen and oxygen atoms in total. The van der Waals surface area contributed by atoms with Crippen molar-refractivity contribution in [2.45, 2.75) is 216 Å². The van der Waals surface area contributed by atoms with Crippen LogP contribution in [-0.4, -0.2) is 180 Å². The quantitative estimate of drug-likeness (QED) is 0.142. The average Bonchev–Trinajstić information content (AvgIpc) is 3.56. The highest BCUT2D eigenvalue weighted by atomic mass is 16.8. The Balaban J connectivity index is 1.03. The fourth-order valence-electron chi connectivity index (χ4n) is 15.8. The van der Waals surface area contributed by atoms with Crippen molar-refractivity contribution in [1.82, 2.24) is 0 Å². The summed E-state index contributed by atoms with van der Waals surface area (Å²) >= 11 is 0. The summed E-state index contributed by atoms with van der Waals surface area (Å²) in [5.74, 6) is -0.256. The van der Waals surface area contributed by atoms with Crippen LogP contribution in [0.1, 0.15) is 106 Å². The molecular formula is C45H74O17. The molecule has 10 N–H and O–H groups in total. The first-order valence-electron chi connectivity index (χ1n) is 23.2. The Morgan fingerprint density at radius 2 is 1.15 bits per heavy atom. The van der Waals surface area contributed by atoms with E-state index in [0.29, 0.717) is 25.7 Å². The van der Waals surface area contributed by atoms with Crippen molar-refractivity contribution in [2.75, 3.05) is 19.8 Å². The van der Waals surface area contributed by atoms with Gasteiger partial charge < -0.3 is 84.2 Å². The maximum Gasteiger partial charge on any atom is 0.186 e. The van der Waals surface area contributed by atoms with Gasteiger partial charge in [0.2, 0.25) is 0 Å². The molecule has 4 aliphatic heterocycles. The number of hydrogen-bond acceptors (Lipinski definition) is 17. The van der Waals surface area contributed by atoms with Crippen LogP contribution >= 0.6 is 0 Å². The van der Waals surface area contributed by atoms with Crippen molar-refractivity contribution in [3.05, 3.63) is 0 Å². The maximum atomic E-state index is 12.3. The average molecular weight is 887 g/mol. The molecule has 9 rings (SSSR count). The molecule has 9 fully saturated rings. The first-order valence-corrected chi connectivity index (χ1v) is 23.2. The van der Waals surface area contributed by atoms with E-state index in [0.717, 1.165) is 32.1 Å². The second kappa shape index (κ2) is 15.4. The monoisotopic (exact) mass is 886 g/mol. The first kappa shape index (κ1) is 46.4. The van der Waals surface area contributed by atoms with Gasteiger partial charge in [0.1, 0.15) is 54.9 Å². The fraction of sp³-hybridized carbons (Fsp3) is 1.00. The predicted molar refractivity (Wildman–Crippen MR) is 214 cm³/mol. The molecule has 0 aromatic rings. The van der Waals surface area contributed by atoms with Crippen LogP contribution in [0.25, 0.3) is 0 Å². The summed E-state index contributed by atoms with van der Waals surface area (Å²) in [6.45, 7) is 13.8. The van der Waals surface area contributed by atoms with Crippen molar-refractivity contribution >= 4 is 0 Å². The van der Waals surface area contributed by atoms with Crippen molar-refractivity contribution in [2.24, 2.45) is 44.8 Å². The lowest BCUT2D eigenvalue weighted by atomic mass is 9.41.